The maximum atomic E-state index is 11.8. The third-order valence-corrected chi connectivity index (χ3v) is 2.49. The molecule has 0 radical (unpaired) electrons. The second-order valence-corrected chi connectivity index (χ2v) is 3.94. The fourth-order valence-electron chi connectivity index (χ4n) is 1.29. The number of ether oxygens (including phenoxy) is 1. The molecule has 94 valence electrons. The first-order chi connectivity index (χ1) is 8.17. The number of hydrogen-bond donors (Lipinski definition) is 2. The van der Waals surface area contributed by atoms with Gasteiger partial charge in [0.05, 0.1) is 0 Å². The molecule has 4 heteroatoms. The molecule has 0 bridgehead atoms. The molecule has 0 heterocycles. The highest BCUT2D eigenvalue weighted by molar-refractivity contribution is 5.94. The van der Waals surface area contributed by atoms with E-state index in [2.05, 4.69) is 5.32 Å². The number of benzene rings is 1. The van der Waals surface area contributed by atoms with E-state index in [0.29, 0.717) is 18.7 Å². The molecule has 0 spiro atoms. The lowest BCUT2D eigenvalue weighted by atomic mass is 10.2. The average Bonchev–Trinajstić information content (AvgIpc) is 2.36. The standard InChI is InChI=1S/C13H20N2O2/c1-3-10(2)15-13(16)11-4-6-12(7-5-11)17-9-8-14/h4-7,10H,3,8-9,14H2,1-2H3,(H,15,16). The molecule has 0 aromatic heterocycles. The molecule has 1 amide bonds. The molecule has 0 fully saturated rings. The maximum absolute atomic E-state index is 11.8. The van der Waals surface area contributed by atoms with Crippen molar-refractivity contribution in [2.75, 3.05) is 13.2 Å². The Morgan fingerprint density at radius 2 is 2.06 bits per heavy atom. The Labute approximate surface area is 102 Å². The largest absolute Gasteiger partial charge is 0.492 e. The number of amides is 1. The minimum absolute atomic E-state index is 0.0512. The summed E-state index contributed by atoms with van der Waals surface area (Å²) in [4.78, 5) is 11.8. The summed E-state index contributed by atoms with van der Waals surface area (Å²) in [5.41, 5.74) is 5.98. The second-order valence-electron chi connectivity index (χ2n) is 3.94. The van der Waals surface area contributed by atoms with E-state index in [-0.39, 0.29) is 11.9 Å². The molecule has 1 unspecified atom stereocenters. The fraction of sp³-hybridized carbons (Fsp3) is 0.462. The van der Waals surface area contributed by atoms with E-state index in [9.17, 15) is 4.79 Å². The number of hydrogen-bond acceptors (Lipinski definition) is 3. The first kappa shape index (κ1) is 13.5. The van der Waals surface area contributed by atoms with Gasteiger partial charge in [-0.3, -0.25) is 4.79 Å². The van der Waals surface area contributed by atoms with Crippen molar-refractivity contribution in [1.82, 2.24) is 5.32 Å². The quantitative estimate of drug-likeness (QED) is 0.787. The second kappa shape index (κ2) is 6.91. The summed E-state index contributed by atoms with van der Waals surface area (Å²) in [7, 11) is 0. The molecule has 0 aliphatic rings. The van der Waals surface area contributed by atoms with Crippen LogP contribution in [0, 0.1) is 0 Å². The molecule has 1 atom stereocenters. The highest BCUT2D eigenvalue weighted by Crippen LogP contribution is 2.12. The molecule has 0 saturated heterocycles. The Bertz CT molecular complexity index is 349. The van der Waals surface area contributed by atoms with Gasteiger partial charge in [0.15, 0.2) is 0 Å². The summed E-state index contributed by atoms with van der Waals surface area (Å²) in [6.45, 7) is 4.99. The molecule has 0 aliphatic heterocycles. The van der Waals surface area contributed by atoms with Crippen molar-refractivity contribution in [3.05, 3.63) is 29.8 Å². The summed E-state index contributed by atoms with van der Waals surface area (Å²) in [5.74, 6) is 0.681. The minimum atomic E-state index is -0.0512. The predicted octanol–water partition coefficient (Wildman–Crippen LogP) is 1.55. The van der Waals surface area contributed by atoms with Gasteiger partial charge in [-0.1, -0.05) is 6.92 Å². The lowest BCUT2D eigenvalue weighted by Crippen LogP contribution is -2.31. The van der Waals surface area contributed by atoms with Gasteiger partial charge in [0.25, 0.3) is 5.91 Å². The highest BCUT2D eigenvalue weighted by atomic mass is 16.5. The topological polar surface area (TPSA) is 64.3 Å². The molecule has 3 N–H and O–H groups in total. The molecule has 1 aromatic rings. The van der Waals surface area contributed by atoms with Gasteiger partial charge in [0, 0.05) is 18.2 Å². The molecule has 4 nitrogen and oxygen atoms in total. The van der Waals surface area contributed by atoms with Crippen LogP contribution in [0.2, 0.25) is 0 Å². The zero-order valence-corrected chi connectivity index (χ0v) is 10.4. The monoisotopic (exact) mass is 236 g/mol. The maximum Gasteiger partial charge on any atom is 0.251 e. The number of carbonyl (C=O) groups excluding carboxylic acids is 1. The van der Waals surface area contributed by atoms with E-state index >= 15 is 0 Å². The normalized spacial score (nSPS) is 11.9. The molecule has 1 rings (SSSR count). The molecule has 0 saturated carbocycles. The van der Waals surface area contributed by atoms with Gasteiger partial charge in [0.2, 0.25) is 0 Å². The van der Waals surface area contributed by atoms with E-state index < -0.39 is 0 Å². The van der Waals surface area contributed by atoms with Crippen LogP contribution in [-0.2, 0) is 0 Å². The van der Waals surface area contributed by atoms with Crippen LogP contribution in [0.5, 0.6) is 5.75 Å². The van der Waals surface area contributed by atoms with Gasteiger partial charge in [-0.15, -0.1) is 0 Å². The Morgan fingerprint density at radius 3 is 2.59 bits per heavy atom. The van der Waals surface area contributed by atoms with E-state index in [1.54, 1.807) is 24.3 Å². The predicted molar refractivity (Wildman–Crippen MR) is 68.2 cm³/mol. The van der Waals surface area contributed by atoms with Crippen molar-refractivity contribution in [3.8, 4) is 5.75 Å². The summed E-state index contributed by atoms with van der Waals surface area (Å²) < 4.78 is 5.34. The molecular formula is C13H20N2O2. The zero-order chi connectivity index (χ0) is 12.7. The van der Waals surface area contributed by atoms with Gasteiger partial charge >= 0.3 is 0 Å². The molecule has 1 aromatic carbocycles. The van der Waals surface area contributed by atoms with Crippen LogP contribution < -0.4 is 15.8 Å². The first-order valence-corrected chi connectivity index (χ1v) is 5.91. The smallest absolute Gasteiger partial charge is 0.251 e. The lowest BCUT2D eigenvalue weighted by Gasteiger charge is -2.11. The van der Waals surface area contributed by atoms with Crippen LogP contribution in [0.3, 0.4) is 0 Å². The minimum Gasteiger partial charge on any atom is -0.492 e. The van der Waals surface area contributed by atoms with Gasteiger partial charge in [-0.25, -0.2) is 0 Å². The summed E-state index contributed by atoms with van der Waals surface area (Å²) in [6, 6.07) is 7.26. The number of carbonyl (C=O) groups is 1. The SMILES string of the molecule is CCC(C)NC(=O)c1ccc(OCCN)cc1. The lowest BCUT2D eigenvalue weighted by molar-refractivity contribution is 0.0939. The van der Waals surface area contributed by atoms with Gasteiger partial charge in [0.1, 0.15) is 12.4 Å². The van der Waals surface area contributed by atoms with Crippen LogP contribution in [0.1, 0.15) is 30.6 Å². The van der Waals surface area contributed by atoms with Crippen LogP contribution in [0.25, 0.3) is 0 Å². The Balaban J connectivity index is 2.57. The Hall–Kier alpha value is -1.55. The Kier molecular flexibility index (Phi) is 5.49. The number of nitrogens with two attached hydrogens (primary N) is 1. The van der Waals surface area contributed by atoms with Crippen molar-refractivity contribution in [3.63, 3.8) is 0 Å². The Morgan fingerprint density at radius 1 is 1.41 bits per heavy atom. The van der Waals surface area contributed by atoms with E-state index in [1.807, 2.05) is 13.8 Å². The number of nitrogens with one attached hydrogen (secondary N) is 1. The van der Waals surface area contributed by atoms with Crippen LogP contribution in [-0.4, -0.2) is 25.1 Å². The molecular weight excluding hydrogens is 216 g/mol. The first-order valence-electron chi connectivity index (χ1n) is 5.91. The van der Waals surface area contributed by atoms with Gasteiger partial charge < -0.3 is 15.8 Å². The van der Waals surface area contributed by atoms with Crippen molar-refractivity contribution < 1.29 is 9.53 Å². The highest BCUT2D eigenvalue weighted by Gasteiger charge is 2.08. The van der Waals surface area contributed by atoms with Crippen LogP contribution >= 0.6 is 0 Å². The van der Waals surface area contributed by atoms with Crippen LogP contribution in [0.4, 0.5) is 0 Å². The summed E-state index contributed by atoms with van der Waals surface area (Å²) in [6.07, 6.45) is 0.920. The zero-order valence-electron chi connectivity index (χ0n) is 10.4. The fourth-order valence-corrected chi connectivity index (χ4v) is 1.29. The third-order valence-electron chi connectivity index (χ3n) is 2.49. The molecule has 0 aliphatic carbocycles. The summed E-state index contributed by atoms with van der Waals surface area (Å²) >= 11 is 0. The summed E-state index contributed by atoms with van der Waals surface area (Å²) in [5, 5.41) is 2.91. The molecule has 17 heavy (non-hydrogen) atoms. The number of rotatable bonds is 6. The average molecular weight is 236 g/mol. The van der Waals surface area contributed by atoms with Gasteiger partial charge in [-0.2, -0.15) is 0 Å². The third kappa shape index (κ3) is 4.44. The van der Waals surface area contributed by atoms with E-state index in [4.69, 9.17) is 10.5 Å². The van der Waals surface area contributed by atoms with Crippen molar-refractivity contribution in [1.29, 1.82) is 0 Å². The van der Waals surface area contributed by atoms with Crippen molar-refractivity contribution in [2.24, 2.45) is 5.73 Å². The van der Waals surface area contributed by atoms with E-state index in [1.165, 1.54) is 0 Å². The van der Waals surface area contributed by atoms with Crippen molar-refractivity contribution >= 4 is 5.91 Å². The van der Waals surface area contributed by atoms with Crippen LogP contribution in [0.15, 0.2) is 24.3 Å². The van der Waals surface area contributed by atoms with Gasteiger partial charge in [-0.05, 0) is 37.6 Å². The van der Waals surface area contributed by atoms with E-state index in [0.717, 1.165) is 12.2 Å². The van der Waals surface area contributed by atoms with Crippen molar-refractivity contribution in [2.45, 2.75) is 26.3 Å².